The van der Waals surface area contributed by atoms with Crippen LogP contribution in [0.15, 0.2) is 24.4 Å². The zero-order valence-corrected chi connectivity index (χ0v) is 9.44. The van der Waals surface area contributed by atoms with E-state index in [-0.39, 0.29) is 0 Å². The fraction of sp³-hybridized carbons (Fsp3) is 0.250. The number of pyridine rings is 1. The van der Waals surface area contributed by atoms with Gasteiger partial charge >= 0.3 is 0 Å². The highest BCUT2D eigenvalue weighted by molar-refractivity contribution is 5.60. The maximum Gasteiger partial charge on any atom is 0.131 e. The summed E-state index contributed by atoms with van der Waals surface area (Å²) in [6, 6.07) is 5.72. The van der Waals surface area contributed by atoms with E-state index >= 15 is 0 Å². The summed E-state index contributed by atoms with van der Waals surface area (Å²) in [7, 11) is 0. The molecule has 2 N–H and O–H groups in total. The number of nitrogens with zero attached hydrogens (tertiary/aromatic N) is 3. The van der Waals surface area contributed by atoms with Crippen LogP contribution in [0, 0.1) is 6.92 Å². The summed E-state index contributed by atoms with van der Waals surface area (Å²) in [5, 5.41) is 0. The molecule has 16 heavy (non-hydrogen) atoms. The third-order valence-electron chi connectivity index (χ3n) is 2.32. The van der Waals surface area contributed by atoms with Crippen molar-refractivity contribution in [2.45, 2.75) is 20.3 Å². The zero-order valence-electron chi connectivity index (χ0n) is 9.44. The largest absolute Gasteiger partial charge is 0.384 e. The second kappa shape index (κ2) is 4.26. The Hall–Kier alpha value is -1.97. The van der Waals surface area contributed by atoms with Crippen molar-refractivity contribution in [2.75, 3.05) is 5.73 Å². The van der Waals surface area contributed by atoms with Crippen LogP contribution in [0.3, 0.4) is 0 Å². The lowest BCUT2D eigenvalue weighted by atomic mass is 10.2. The minimum Gasteiger partial charge on any atom is -0.384 e. The molecule has 0 atom stereocenters. The van der Waals surface area contributed by atoms with Gasteiger partial charge in [-0.05, 0) is 19.1 Å². The van der Waals surface area contributed by atoms with E-state index in [2.05, 4.69) is 15.0 Å². The lowest BCUT2D eigenvalue weighted by Gasteiger charge is -2.04. The van der Waals surface area contributed by atoms with Gasteiger partial charge in [-0.2, -0.15) is 0 Å². The van der Waals surface area contributed by atoms with Gasteiger partial charge < -0.3 is 5.73 Å². The first-order chi connectivity index (χ1) is 7.69. The van der Waals surface area contributed by atoms with Gasteiger partial charge in [0.25, 0.3) is 0 Å². The van der Waals surface area contributed by atoms with Crippen LogP contribution in [0.5, 0.6) is 0 Å². The molecule has 0 bridgehead atoms. The van der Waals surface area contributed by atoms with E-state index in [0.717, 1.165) is 29.2 Å². The number of hydrogen-bond donors (Lipinski definition) is 1. The SMILES string of the molecule is CCc1nc(N)cc(-c2ccc(C)nc2)n1. The Morgan fingerprint density at radius 3 is 2.69 bits per heavy atom. The summed E-state index contributed by atoms with van der Waals surface area (Å²) >= 11 is 0. The van der Waals surface area contributed by atoms with Gasteiger partial charge in [0.05, 0.1) is 5.69 Å². The second-order valence-electron chi connectivity index (χ2n) is 3.64. The smallest absolute Gasteiger partial charge is 0.131 e. The third-order valence-corrected chi connectivity index (χ3v) is 2.32. The molecular weight excluding hydrogens is 200 g/mol. The molecule has 82 valence electrons. The van der Waals surface area contributed by atoms with E-state index in [9.17, 15) is 0 Å². The average Bonchev–Trinajstić information content (AvgIpc) is 2.29. The predicted octanol–water partition coefficient (Wildman–Crippen LogP) is 1.99. The molecule has 4 heteroatoms. The van der Waals surface area contributed by atoms with Crippen LogP contribution in [-0.2, 0) is 6.42 Å². The standard InChI is InChI=1S/C12H14N4/c1-3-12-15-10(6-11(13)16-12)9-5-4-8(2)14-7-9/h4-7H,3H2,1-2H3,(H2,13,15,16). The van der Waals surface area contributed by atoms with Gasteiger partial charge in [0, 0.05) is 29.9 Å². The molecule has 0 aliphatic carbocycles. The van der Waals surface area contributed by atoms with Gasteiger partial charge in [-0.1, -0.05) is 6.92 Å². The lowest BCUT2D eigenvalue weighted by molar-refractivity contribution is 0.948. The minimum absolute atomic E-state index is 0.502. The van der Waals surface area contributed by atoms with Gasteiger partial charge in [-0.15, -0.1) is 0 Å². The van der Waals surface area contributed by atoms with Crippen LogP contribution in [0.4, 0.5) is 5.82 Å². The third kappa shape index (κ3) is 2.16. The molecule has 2 heterocycles. The van der Waals surface area contributed by atoms with Crippen molar-refractivity contribution in [3.05, 3.63) is 35.9 Å². The topological polar surface area (TPSA) is 64.7 Å². The van der Waals surface area contributed by atoms with Crippen LogP contribution >= 0.6 is 0 Å². The Morgan fingerprint density at radius 1 is 1.25 bits per heavy atom. The molecule has 0 fully saturated rings. The molecule has 4 nitrogen and oxygen atoms in total. The number of nitrogens with two attached hydrogens (primary N) is 1. The summed E-state index contributed by atoms with van der Waals surface area (Å²) < 4.78 is 0. The van der Waals surface area contributed by atoms with Crippen molar-refractivity contribution in [2.24, 2.45) is 0 Å². The highest BCUT2D eigenvalue weighted by Crippen LogP contribution is 2.18. The van der Waals surface area contributed by atoms with E-state index in [4.69, 9.17) is 5.73 Å². The molecule has 2 aromatic heterocycles. The van der Waals surface area contributed by atoms with Crippen molar-refractivity contribution in [3.8, 4) is 11.3 Å². The second-order valence-corrected chi connectivity index (χ2v) is 3.64. The summed E-state index contributed by atoms with van der Waals surface area (Å²) in [4.78, 5) is 12.8. The first kappa shape index (κ1) is 10.5. The molecule has 0 aliphatic heterocycles. The molecule has 0 unspecified atom stereocenters. The van der Waals surface area contributed by atoms with E-state index in [1.54, 1.807) is 12.3 Å². The quantitative estimate of drug-likeness (QED) is 0.830. The number of nitrogen functional groups attached to an aromatic ring is 1. The summed E-state index contributed by atoms with van der Waals surface area (Å²) in [6.07, 6.45) is 2.58. The predicted molar refractivity (Wildman–Crippen MR) is 63.8 cm³/mol. The maximum atomic E-state index is 5.73. The van der Waals surface area contributed by atoms with Crippen LogP contribution in [0.25, 0.3) is 11.3 Å². The fourth-order valence-corrected chi connectivity index (χ4v) is 1.44. The van der Waals surface area contributed by atoms with E-state index < -0.39 is 0 Å². The van der Waals surface area contributed by atoms with Gasteiger partial charge in [-0.25, -0.2) is 9.97 Å². The van der Waals surface area contributed by atoms with Crippen LogP contribution in [-0.4, -0.2) is 15.0 Å². The van der Waals surface area contributed by atoms with Crippen molar-refractivity contribution >= 4 is 5.82 Å². The van der Waals surface area contributed by atoms with Crippen LogP contribution in [0.2, 0.25) is 0 Å². The van der Waals surface area contributed by atoms with Gasteiger partial charge in [0.15, 0.2) is 0 Å². The zero-order chi connectivity index (χ0) is 11.5. The number of anilines is 1. The summed E-state index contributed by atoms with van der Waals surface area (Å²) in [6.45, 7) is 3.96. The average molecular weight is 214 g/mol. The molecule has 2 aromatic rings. The molecule has 0 saturated heterocycles. The number of aromatic nitrogens is 3. The highest BCUT2D eigenvalue weighted by atomic mass is 14.9. The van der Waals surface area contributed by atoms with E-state index in [0.29, 0.717) is 5.82 Å². The molecule has 0 saturated carbocycles. The number of hydrogen-bond acceptors (Lipinski definition) is 4. The Kier molecular flexibility index (Phi) is 2.81. The van der Waals surface area contributed by atoms with Crippen LogP contribution in [0.1, 0.15) is 18.4 Å². The van der Waals surface area contributed by atoms with E-state index in [1.165, 1.54) is 0 Å². The Morgan fingerprint density at radius 2 is 2.06 bits per heavy atom. The monoisotopic (exact) mass is 214 g/mol. The molecule has 0 aliphatic rings. The Labute approximate surface area is 94.6 Å². The fourth-order valence-electron chi connectivity index (χ4n) is 1.44. The first-order valence-corrected chi connectivity index (χ1v) is 5.25. The Bertz CT molecular complexity index is 491. The lowest BCUT2D eigenvalue weighted by Crippen LogP contribution is -2.00. The van der Waals surface area contributed by atoms with Gasteiger partial charge in [0.1, 0.15) is 11.6 Å². The number of aryl methyl sites for hydroxylation is 2. The van der Waals surface area contributed by atoms with Crippen molar-refractivity contribution in [1.82, 2.24) is 15.0 Å². The number of rotatable bonds is 2. The molecule has 0 amide bonds. The van der Waals surface area contributed by atoms with Crippen LogP contribution < -0.4 is 5.73 Å². The van der Waals surface area contributed by atoms with Crippen molar-refractivity contribution < 1.29 is 0 Å². The summed E-state index contributed by atoms with van der Waals surface area (Å²) in [5.41, 5.74) is 8.52. The molecule has 0 spiro atoms. The Balaban J connectivity index is 2.47. The van der Waals surface area contributed by atoms with Gasteiger partial charge in [0.2, 0.25) is 0 Å². The van der Waals surface area contributed by atoms with Crippen molar-refractivity contribution in [1.29, 1.82) is 0 Å². The first-order valence-electron chi connectivity index (χ1n) is 5.25. The minimum atomic E-state index is 0.502. The molecule has 2 rings (SSSR count). The molecular formula is C12H14N4. The van der Waals surface area contributed by atoms with E-state index in [1.807, 2.05) is 26.0 Å². The molecule has 0 radical (unpaired) electrons. The molecule has 0 aromatic carbocycles. The summed E-state index contributed by atoms with van der Waals surface area (Å²) in [5.74, 6) is 1.26. The highest BCUT2D eigenvalue weighted by Gasteiger charge is 2.04. The maximum absolute atomic E-state index is 5.73. The van der Waals surface area contributed by atoms with Crippen molar-refractivity contribution in [3.63, 3.8) is 0 Å². The van der Waals surface area contributed by atoms with Gasteiger partial charge in [-0.3, -0.25) is 4.98 Å². The normalized spacial score (nSPS) is 10.4.